The Morgan fingerprint density at radius 3 is 2.38 bits per heavy atom. The SMILES string of the molecule is COc1ccc(S(=O)(=O)CCO)c(C)c1C. The zero-order chi connectivity index (χ0) is 12.3. The summed E-state index contributed by atoms with van der Waals surface area (Å²) < 4.78 is 28.7. The summed E-state index contributed by atoms with van der Waals surface area (Å²) in [5.41, 5.74) is 1.48. The first-order chi connectivity index (χ1) is 7.44. The molecule has 0 aliphatic carbocycles. The molecule has 4 nitrogen and oxygen atoms in total. The lowest BCUT2D eigenvalue weighted by atomic mass is 10.1. The number of rotatable bonds is 4. The van der Waals surface area contributed by atoms with Gasteiger partial charge in [0.25, 0.3) is 0 Å². The monoisotopic (exact) mass is 244 g/mol. The minimum Gasteiger partial charge on any atom is -0.496 e. The van der Waals surface area contributed by atoms with Crippen LogP contribution in [0.5, 0.6) is 5.75 Å². The second kappa shape index (κ2) is 4.84. The largest absolute Gasteiger partial charge is 0.496 e. The molecule has 0 aromatic heterocycles. The standard InChI is InChI=1S/C11H16O4S/c1-8-9(2)11(5-4-10(8)15-3)16(13,14)7-6-12/h4-5,12H,6-7H2,1-3H3. The van der Waals surface area contributed by atoms with E-state index in [1.807, 2.05) is 6.92 Å². The second-order valence-corrected chi connectivity index (χ2v) is 5.64. The first kappa shape index (κ1) is 13.0. The maximum absolute atomic E-state index is 11.8. The molecule has 1 aromatic carbocycles. The third-order valence-electron chi connectivity index (χ3n) is 2.60. The molecule has 0 saturated carbocycles. The zero-order valence-electron chi connectivity index (χ0n) is 9.65. The van der Waals surface area contributed by atoms with Crippen molar-refractivity contribution in [3.63, 3.8) is 0 Å². The van der Waals surface area contributed by atoms with E-state index in [0.29, 0.717) is 11.3 Å². The Morgan fingerprint density at radius 1 is 1.25 bits per heavy atom. The summed E-state index contributed by atoms with van der Waals surface area (Å²) in [7, 11) is -1.85. The molecule has 0 bridgehead atoms. The minimum absolute atomic E-state index is 0.250. The van der Waals surface area contributed by atoms with Crippen molar-refractivity contribution < 1.29 is 18.3 Å². The van der Waals surface area contributed by atoms with Gasteiger partial charge in [-0.3, -0.25) is 0 Å². The molecule has 0 spiro atoms. The topological polar surface area (TPSA) is 63.6 Å². The molecule has 0 unspecified atom stereocenters. The van der Waals surface area contributed by atoms with Crippen LogP contribution in [0.3, 0.4) is 0 Å². The third-order valence-corrected chi connectivity index (χ3v) is 4.44. The zero-order valence-corrected chi connectivity index (χ0v) is 10.5. The van der Waals surface area contributed by atoms with Crippen molar-refractivity contribution in [2.45, 2.75) is 18.7 Å². The fourth-order valence-electron chi connectivity index (χ4n) is 1.56. The third kappa shape index (κ3) is 2.36. The summed E-state index contributed by atoms with van der Waals surface area (Å²) in [6, 6.07) is 3.15. The highest BCUT2D eigenvalue weighted by atomic mass is 32.2. The van der Waals surface area contributed by atoms with Crippen LogP contribution >= 0.6 is 0 Å². The summed E-state index contributed by atoms with van der Waals surface area (Å²) >= 11 is 0. The van der Waals surface area contributed by atoms with Crippen LogP contribution in [0.4, 0.5) is 0 Å². The highest BCUT2D eigenvalue weighted by Crippen LogP contribution is 2.27. The van der Waals surface area contributed by atoms with Crippen molar-refractivity contribution in [3.8, 4) is 5.75 Å². The van der Waals surface area contributed by atoms with E-state index >= 15 is 0 Å². The summed E-state index contributed by atoms with van der Waals surface area (Å²) in [5.74, 6) is 0.417. The highest BCUT2D eigenvalue weighted by Gasteiger charge is 2.18. The van der Waals surface area contributed by atoms with Crippen molar-refractivity contribution >= 4 is 9.84 Å². The molecule has 0 radical (unpaired) electrons. The van der Waals surface area contributed by atoms with Gasteiger partial charge in [0, 0.05) is 0 Å². The van der Waals surface area contributed by atoms with Crippen LogP contribution in [0.25, 0.3) is 0 Å². The van der Waals surface area contributed by atoms with E-state index in [4.69, 9.17) is 9.84 Å². The fourth-order valence-corrected chi connectivity index (χ4v) is 2.91. The predicted octanol–water partition coefficient (Wildman–Crippen LogP) is 1.08. The van der Waals surface area contributed by atoms with Crippen molar-refractivity contribution in [2.24, 2.45) is 0 Å². The fraction of sp³-hybridized carbons (Fsp3) is 0.455. The molecule has 1 rings (SSSR count). The Bertz CT molecular complexity index is 477. The summed E-state index contributed by atoms with van der Waals surface area (Å²) in [5, 5.41) is 8.72. The van der Waals surface area contributed by atoms with Gasteiger partial charge in [0.1, 0.15) is 5.75 Å². The Labute approximate surface area is 95.8 Å². The Balaban J connectivity index is 3.33. The van der Waals surface area contributed by atoms with Crippen LogP contribution in [0.15, 0.2) is 17.0 Å². The van der Waals surface area contributed by atoms with Crippen LogP contribution in [0, 0.1) is 13.8 Å². The van der Waals surface area contributed by atoms with E-state index in [9.17, 15) is 8.42 Å². The van der Waals surface area contributed by atoms with Crippen LogP contribution in [0.1, 0.15) is 11.1 Å². The first-order valence-electron chi connectivity index (χ1n) is 4.92. The van der Waals surface area contributed by atoms with E-state index in [1.54, 1.807) is 20.1 Å². The van der Waals surface area contributed by atoms with Gasteiger partial charge in [0.15, 0.2) is 9.84 Å². The van der Waals surface area contributed by atoms with E-state index in [-0.39, 0.29) is 17.3 Å². The van der Waals surface area contributed by atoms with Gasteiger partial charge in [0.2, 0.25) is 0 Å². The number of hydrogen-bond acceptors (Lipinski definition) is 4. The Kier molecular flexibility index (Phi) is 3.93. The van der Waals surface area contributed by atoms with Gasteiger partial charge in [-0.2, -0.15) is 0 Å². The summed E-state index contributed by atoms with van der Waals surface area (Å²) in [4.78, 5) is 0.264. The number of hydrogen-bond donors (Lipinski definition) is 1. The van der Waals surface area contributed by atoms with Crippen LogP contribution in [-0.4, -0.2) is 33.0 Å². The van der Waals surface area contributed by atoms with E-state index < -0.39 is 9.84 Å². The Hall–Kier alpha value is -1.07. The number of benzene rings is 1. The van der Waals surface area contributed by atoms with E-state index in [2.05, 4.69) is 0 Å². The maximum atomic E-state index is 11.8. The molecular weight excluding hydrogens is 228 g/mol. The second-order valence-electron chi connectivity index (χ2n) is 3.56. The van der Waals surface area contributed by atoms with Crippen molar-refractivity contribution in [1.82, 2.24) is 0 Å². The number of ether oxygens (including phenoxy) is 1. The van der Waals surface area contributed by atoms with Gasteiger partial charge >= 0.3 is 0 Å². The Morgan fingerprint density at radius 2 is 1.88 bits per heavy atom. The van der Waals surface area contributed by atoms with Gasteiger partial charge in [-0.05, 0) is 37.1 Å². The van der Waals surface area contributed by atoms with Gasteiger partial charge in [-0.25, -0.2) is 8.42 Å². The molecule has 1 N–H and O–H groups in total. The minimum atomic E-state index is -3.39. The average molecular weight is 244 g/mol. The first-order valence-corrected chi connectivity index (χ1v) is 6.57. The maximum Gasteiger partial charge on any atom is 0.180 e. The highest BCUT2D eigenvalue weighted by molar-refractivity contribution is 7.91. The quantitative estimate of drug-likeness (QED) is 0.860. The molecule has 0 saturated heterocycles. The molecule has 0 atom stereocenters. The molecule has 5 heteroatoms. The van der Waals surface area contributed by atoms with Gasteiger partial charge in [-0.1, -0.05) is 0 Å². The average Bonchev–Trinajstić information content (AvgIpc) is 2.21. The normalized spacial score (nSPS) is 11.5. The van der Waals surface area contributed by atoms with E-state index in [1.165, 1.54) is 6.07 Å². The van der Waals surface area contributed by atoms with Crippen molar-refractivity contribution in [2.75, 3.05) is 19.5 Å². The molecule has 0 aliphatic heterocycles. The number of aliphatic hydroxyl groups is 1. The molecule has 0 heterocycles. The summed E-state index contributed by atoms with van der Waals surface area (Å²) in [6.45, 7) is 3.18. The van der Waals surface area contributed by atoms with Gasteiger partial charge < -0.3 is 9.84 Å². The number of methoxy groups -OCH3 is 1. The molecule has 0 fully saturated rings. The molecular formula is C11H16O4S. The molecule has 16 heavy (non-hydrogen) atoms. The van der Waals surface area contributed by atoms with E-state index in [0.717, 1.165) is 5.56 Å². The number of aliphatic hydroxyl groups excluding tert-OH is 1. The molecule has 0 amide bonds. The molecule has 0 aliphatic rings. The van der Waals surface area contributed by atoms with Crippen molar-refractivity contribution in [1.29, 1.82) is 0 Å². The molecule has 1 aromatic rings. The lowest BCUT2D eigenvalue weighted by Gasteiger charge is -2.12. The smallest absolute Gasteiger partial charge is 0.180 e. The lowest BCUT2D eigenvalue weighted by Crippen LogP contribution is -2.12. The van der Waals surface area contributed by atoms with Crippen LogP contribution in [-0.2, 0) is 9.84 Å². The predicted molar refractivity (Wildman–Crippen MR) is 61.6 cm³/mol. The summed E-state index contributed by atoms with van der Waals surface area (Å²) in [6.07, 6.45) is 0. The van der Waals surface area contributed by atoms with Gasteiger partial charge in [-0.15, -0.1) is 0 Å². The van der Waals surface area contributed by atoms with Gasteiger partial charge in [0.05, 0.1) is 24.4 Å². The van der Waals surface area contributed by atoms with Crippen LogP contribution in [0.2, 0.25) is 0 Å². The van der Waals surface area contributed by atoms with Crippen LogP contribution < -0.4 is 4.74 Å². The molecule has 90 valence electrons. The number of sulfone groups is 1. The lowest BCUT2D eigenvalue weighted by molar-refractivity contribution is 0.319. The van der Waals surface area contributed by atoms with Crippen molar-refractivity contribution in [3.05, 3.63) is 23.3 Å².